The highest BCUT2D eigenvalue weighted by atomic mass is 16.3. The first-order valence-corrected chi connectivity index (χ1v) is 8.66. The molecule has 1 saturated carbocycles. The van der Waals surface area contributed by atoms with Crippen molar-refractivity contribution in [3.05, 3.63) is 78.3 Å². The highest BCUT2D eigenvalue weighted by Crippen LogP contribution is 2.47. The van der Waals surface area contributed by atoms with Gasteiger partial charge in [-0.3, -0.25) is 4.79 Å². The number of amides is 1. The number of rotatable bonds is 7. The lowest BCUT2D eigenvalue weighted by atomic mass is 10.1. The third-order valence-corrected chi connectivity index (χ3v) is 4.74. The van der Waals surface area contributed by atoms with Gasteiger partial charge in [-0.2, -0.15) is 0 Å². The van der Waals surface area contributed by atoms with Gasteiger partial charge in [0.15, 0.2) is 0 Å². The minimum atomic E-state index is 0.0267. The maximum absolute atomic E-state index is 12.3. The third kappa shape index (κ3) is 3.65. The van der Waals surface area contributed by atoms with E-state index in [4.69, 9.17) is 4.42 Å². The lowest BCUT2D eigenvalue weighted by molar-refractivity contribution is -0.122. The van der Waals surface area contributed by atoms with Gasteiger partial charge >= 0.3 is 0 Å². The summed E-state index contributed by atoms with van der Waals surface area (Å²) in [6.45, 7) is 1.32. The van der Waals surface area contributed by atoms with Crippen molar-refractivity contribution in [3.8, 4) is 0 Å². The van der Waals surface area contributed by atoms with Gasteiger partial charge in [0.25, 0.3) is 0 Å². The van der Waals surface area contributed by atoms with Gasteiger partial charge in [-0.15, -0.1) is 0 Å². The molecular weight excluding hydrogens is 314 g/mol. The van der Waals surface area contributed by atoms with Gasteiger partial charge in [0.05, 0.1) is 12.8 Å². The molecule has 1 aliphatic rings. The zero-order chi connectivity index (χ0) is 17.1. The quantitative estimate of drug-likeness (QED) is 0.721. The number of hydrogen-bond acceptors (Lipinski definition) is 3. The summed E-state index contributed by atoms with van der Waals surface area (Å²) in [5, 5.41) is 3.01. The normalized spacial score (nSPS) is 18.9. The molecule has 128 valence electrons. The summed E-state index contributed by atoms with van der Waals surface area (Å²) in [6, 6.07) is 14.2. The summed E-state index contributed by atoms with van der Waals surface area (Å²) in [5.41, 5.74) is 1.30. The zero-order valence-electron chi connectivity index (χ0n) is 14.0. The Morgan fingerprint density at radius 1 is 1.24 bits per heavy atom. The zero-order valence-corrected chi connectivity index (χ0v) is 14.0. The highest BCUT2D eigenvalue weighted by molar-refractivity contribution is 5.82. The summed E-state index contributed by atoms with van der Waals surface area (Å²) < 4.78 is 7.49. The molecule has 0 aliphatic heterocycles. The highest BCUT2D eigenvalue weighted by Gasteiger charge is 2.45. The molecule has 5 heteroatoms. The van der Waals surface area contributed by atoms with Crippen LogP contribution >= 0.6 is 0 Å². The second-order valence-corrected chi connectivity index (χ2v) is 6.45. The smallest absolute Gasteiger partial charge is 0.224 e. The van der Waals surface area contributed by atoms with Crippen LogP contribution in [-0.2, 0) is 24.3 Å². The van der Waals surface area contributed by atoms with E-state index in [9.17, 15) is 4.79 Å². The maximum Gasteiger partial charge on any atom is 0.224 e. The minimum absolute atomic E-state index is 0.0267. The van der Waals surface area contributed by atoms with Gasteiger partial charge in [0.2, 0.25) is 5.91 Å². The molecule has 3 aromatic rings. The fourth-order valence-corrected chi connectivity index (χ4v) is 3.20. The number of nitrogens with zero attached hydrogens (tertiary/aromatic N) is 2. The summed E-state index contributed by atoms with van der Waals surface area (Å²) in [7, 11) is 0. The van der Waals surface area contributed by atoms with Crippen LogP contribution in [-0.4, -0.2) is 15.5 Å². The predicted octanol–water partition coefficient (Wildman–Crippen LogP) is 3.14. The third-order valence-electron chi connectivity index (χ3n) is 4.74. The molecule has 0 saturated heterocycles. The van der Waals surface area contributed by atoms with Gasteiger partial charge in [-0.1, -0.05) is 30.3 Å². The van der Waals surface area contributed by atoms with E-state index in [1.54, 1.807) is 12.5 Å². The molecule has 1 aliphatic carbocycles. The Morgan fingerprint density at radius 2 is 2.12 bits per heavy atom. The number of carbonyl (C=O) groups excluding carboxylic acids is 1. The summed E-state index contributed by atoms with van der Waals surface area (Å²) >= 11 is 0. The molecule has 5 nitrogen and oxygen atoms in total. The molecule has 2 aromatic heterocycles. The fraction of sp³-hybridized carbons (Fsp3) is 0.300. The van der Waals surface area contributed by atoms with Crippen molar-refractivity contribution in [2.45, 2.75) is 31.8 Å². The first kappa shape index (κ1) is 15.7. The van der Waals surface area contributed by atoms with E-state index in [-0.39, 0.29) is 17.7 Å². The van der Waals surface area contributed by atoms with Crippen LogP contribution in [0.1, 0.15) is 29.5 Å². The van der Waals surface area contributed by atoms with Crippen LogP contribution in [0, 0.1) is 5.92 Å². The fourth-order valence-electron chi connectivity index (χ4n) is 3.20. The average molecular weight is 335 g/mol. The van der Waals surface area contributed by atoms with E-state index in [2.05, 4.69) is 39.1 Å². The molecule has 0 radical (unpaired) electrons. The van der Waals surface area contributed by atoms with E-state index >= 15 is 0 Å². The van der Waals surface area contributed by atoms with Crippen molar-refractivity contribution >= 4 is 5.91 Å². The summed E-state index contributed by atoms with van der Waals surface area (Å²) in [6.07, 6.45) is 7.22. The SMILES string of the molecule is O=C(NCc1nccn1CCc1ccccc1)[C@H]1C[C@H]1c1ccco1. The summed E-state index contributed by atoms with van der Waals surface area (Å²) in [5.74, 6) is 2.13. The Balaban J connectivity index is 1.29. The van der Waals surface area contributed by atoms with Crippen LogP contribution in [0.15, 0.2) is 65.5 Å². The molecule has 1 fully saturated rings. The summed E-state index contributed by atoms with van der Waals surface area (Å²) in [4.78, 5) is 16.7. The monoisotopic (exact) mass is 335 g/mol. The van der Waals surface area contributed by atoms with Gasteiger partial charge in [-0.05, 0) is 30.5 Å². The topological polar surface area (TPSA) is 60.1 Å². The number of furan rings is 1. The molecule has 2 heterocycles. The van der Waals surface area contributed by atoms with Gasteiger partial charge in [0.1, 0.15) is 11.6 Å². The van der Waals surface area contributed by atoms with Crippen LogP contribution in [0.25, 0.3) is 0 Å². The van der Waals surface area contributed by atoms with Crippen LogP contribution < -0.4 is 5.32 Å². The molecule has 2 atom stereocenters. The van der Waals surface area contributed by atoms with Gasteiger partial charge in [-0.25, -0.2) is 4.98 Å². The van der Waals surface area contributed by atoms with Crippen molar-refractivity contribution < 1.29 is 9.21 Å². The molecule has 1 aromatic carbocycles. The van der Waals surface area contributed by atoms with Crippen molar-refractivity contribution in [2.75, 3.05) is 0 Å². The lowest BCUT2D eigenvalue weighted by Gasteiger charge is -2.09. The predicted molar refractivity (Wildman–Crippen MR) is 93.8 cm³/mol. The maximum atomic E-state index is 12.3. The van der Waals surface area contributed by atoms with Crippen molar-refractivity contribution in [1.82, 2.24) is 14.9 Å². The van der Waals surface area contributed by atoms with E-state index in [0.29, 0.717) is 6.54 Å². The van der Waals surface area contributed by atoms with Crippen LogP contribution in [0.4, 0.5) is 0 Å². The van der Waals surface area contributed by atoms with Gasteiger partial charge < -0.3 is 14.3 Å². The second kappa shape index (κ2) is 6.97. The Bertz CT molecular complexity index is 824. The van der Waals surface area contributed by atoms with Crippen LogP contribution in [0.3, 0.4) is 0 Å². The van der Waals surface area contributed by atoms with Crippen LogP contribution in [0.5, 0.6) is 0 Å². The molecule has 1 N–H and O–H groups in total. The molecule has 0 spiro atoms. The molecular formula is C20H21N3O2. The number of hydrogen-bond donors (Lipinski definition) is 1. The molecule has 25 heavy (non-hydrogen) atoms. The standard InChI is InChI=1S/C20H21N3O2/c24-20(17-13-16(17)18-7-4-12-25-18)22-14-19-21-9-11-23(19)10-8-15-5-2-1-3-6-15/h1-7,9,11-12,16-17H,8,10,13-14H2,(H,22,24)/t16-,17+/m1/s1. The van der Waals surface area contributed by atoms with E-state index in [1.165, 1.54) is 5.56 Å². The largest absolute Gasteiger partial charge is 0.469 e. The van der Waals surface area contributed by atoms with Crippen molar-refractivity contribution in [2.24, 2.45) is 5.92 Å². The Labute approximate surface area is 146 Å². The van der Waals surface area contributed by atoms with Crippen LogP contribution in [0.2, 0.25) is 0 Å². The molecule has 0 unspecified atom stereocenters. The van der Waals surface area contributed by atoms with E-state index in [1.807, 2.05) is 24.4 Å². The van der Waals surface area contributed by atoms with E-state index in [0.717, 1.165) is 31.0 Å². The number of benzene rings is 1. The number of imidazole rings is 1. The Morgan fingerprint density at radius 3 is 2.92 bits per heavy atom. The molecule has 4 rings (SSSR count). The molecule has 0 bridgehead atoms. The minimum Gasteiger partial charge on any atom is -0.469 e. The number of aromatic nitrogens is 2. The average Bonchev–Trinajstić information content (AvgIpc) is 3.06. The number of aryl methyl sites for hydroxylation is 2. The second-order valence-electron chi connectivity index (χ2n) is 6.45. The first-order chi connectivity index (χ1) is 12.3. The molecule has 1 amide bonds. The van der Waals surface area contributed by atoms with E-state index < -0.39 is 0 Å². The van der Waals surface area contributed by atoms with Gasteiger partial charge in [0, 0.05) is 30.8 Å². The first-order valence-electron chi connectivity index (χ1n) is 8.66. The lowest BCUT2D eigenvalue weighted by Crippen LogP contribution is -2.26. The number of nitrogens with one attached hydrogen (secondary N) is 1. The Kier molecular flexibility index (Phi) is 4.37. The van der Waals surface area contributed by atoms with Crippen molar-refractivity contribution in [3.63, 3.8) is 0 Å². The number of carbonyl (C=O) groups is 1. The Hall–Kier alpha value is -2.82. The van der Waals surface area contributed by atoms with Crippen molar-refractivity contribution in [1.29, 1.82) is 0 Å².